The number of piperidine rings is 1. The van der Waals surface area contributed by atoms with Crippen LogP contribution in [0.3, 0.4) is 0 Å². The Kier molecular flexibility index (Phi) is 3.06. The number of nitrogens with zero attached hydrogens (tertiary/aromatic N) is 1. The predicted octanol–water partition coefficient (Wildman–Crippen LogP) is 2.26. The molecule has 1 amide bonds. The smallest absolute Gasteiger partial charge is 0.410 e. The van der Waals surface area contributed by atoms with E-state index in [1.54, 1.807) is 0 Å². The second-order valence-electron chi connectivity index (χ2n) is 5.88. The van der Waals surface area contributed by atoms with Crippen molar-refractivity contribution < 1.29 is 14.3 Å². The highest BCUT2D eigenvalue weighted by Crippen LogP contribution is 2.51. The average Bonchev–Trinajstić information content (AvgIpc) is 2.67. The molecule has 0 bridgehead atoms. The lowest BCUT2D eigenvalue weighted by Gasteiger charge is -2.25. The third kappa shape index (κ3) is 2.73. The van der Waals surface area contributed by atoms with Crippen molar-refractivity contribution >= 4 is 6.09 Å². The summed E-state index contributed by atoms with van der Waals surface area (Å²) in [6.07, 6.45) is 1.30. The second kappa shape index (κ2) is 4.24. The van der Waals surface area contributed by atoms with E-state index in [1.165, 1.54) is 6.26 Å². The molecule has 2 aliphatic rings. The Morgan fingerprint density at radius 1 is 1.41 bits per heavy atom. The van der Waals surface area contributed by atoms with Gasteiger partial charge in [0.05, 0.1) is 12.9 Å². The number of amides is 1. The van der Waals surface area contributed by atoms with Crippen LogP contribution in [0, 0.1) is 17.8 Å². The summed E-state index contributed by atoms with van der Waals surface area (Å²) in [4.78, 5) is 13.6. The number of carbonyl (C=O) groups excluding carboxylic acids is 1. The molecule has 1 saturated carbocycles. The summed E-state index contributed by atoms with van der Waals surface area (Å²) in [7, 11) is 0. The molecule has 2 fully saturated rings. The van der Waals surface area contributed by atoms with Gasteiger partial charge in [-0.15, -0.1) is 0 Å². The molecule has 4 nitrogen and oxygen atoms in total. The SMILES string of the molecule is C=COCC1C2CN(C(=O)OC(C)(C)C)CC12. The van der Waals surface area contributed by atoms with Crippen LogP contribution in [0.25, 0.3) is 0 Å². The largest absolute Gasteiger partial charge is 0.502 e. The van der Waals surface area contributed by atoms with Gasteiger partial charge >= 0.3 is 6.09 Å². The summed E-state index contributed by atoms with van der Waals surface area (Å²) >= 11 is 0. The third-order valence-corrected chi connectivity index (χ3v) is 3.43. The first-order valence-electron chi connectivity index (χ1n) is 6.13. The quantitative estimate of drug-likeness (QED) is 0.709. The van der Waals surface area contributed by atoms with Crippen LogP contribution in [0.4, 0.5) is 4.79 Å². The summed E-state index contributed by atoms with van der Waals surface area (Å²) < 4.78 is 10.5. The maximum absolute atomic E-state index is 11.8. The maximum atomic E-state index is 11.8. The normalized spacial score (nSPS) is 30.8. The molecule has 2 unspecified atom stereocenters. The summed E-state index contributed by atoms with van der Waals surface area (Å²) in [5, 5.41) is 0. The molecule has 2 rings (SSSR count). The van der Waals surface area contributed by atoms with E-state index in [2.05, 4.69) is 6.58 Å². The summed E-state index contributed by atoms with van der Waals surface area (Å²) in [6, 6.07) is 0. The van der Waals surface area contributed by atoms with Crippen LogP contribution in [-0.2, 0) is 9.47 Å². The van der Waals surface area contributed by atoms with Crippen LogP contribution in [0.5, 0.6) is 0 Å². The van der Waals surface area contributed by atoms with E-state index >= 15 is 0 Å². The van der Waals surface area contributed by atoms with Crippen LogP contribution >= 0.6 is 0 Å². The molecular formula is C13H21NO3. The lowest BCUT2D eigenvalue weighted by atomic mass is 10.2. The molecule has 1 saturated heterocycles. The molecule has 0 aromatic rings. The van der Waals surface area contributed by atoms with Crippen molar-refractivity contribution in [2.75, 3.05) is 19.7 Å². The molecule has 0 aromatic heterocycles. The number of hydrogen-bond donors (Lipinski definition) is 0. The van der Waals surface area contributed by atoms with Gasteiger partial charge in [-0.1, -0.05) is 6.58 Å². The topological polar surface area (TPSA) is 38.8 Å². The number of ether oxygens (including phenoxy) is 2. The van der Waals surface area contributed by atoms with E-state index in [-0.39, 0.29) is 6.09 Å². The van der Waals surface area contributed by atoms with Crippen molar-refractivity contribution in [1.82, 2.24) is 4.90 Å². The second-order valence-corrected chi connectivity index (χ2v) is 5.88. The Bertz CT molecular complexity index is 309. The van der Waals surface area contributed by atoms with Crippen LogP contribution in [0.15, 0.2) is 12.8 Å². The van der Waals surface area contributed by atoms with E-state index in [0.29, 0.717) is 17.8 Å². The molecule has 17 heavy (non-hydrogen) atoms. The number of carbonyl (C=O) groups is 1. The Labute approximate surface area is 103 Å². The fourth-order valence-corrected chi connectivity index (χ4v) is 2.55. The zero-order valence-corrected chi connectivity index (χ0v) is 10.8. The van der Waals surface area contributed by atoms with Gasteiger partial charge < -0.3 is 14.4 Å². The average molecular weight is 239 g/mol. The maximum Gasteiger partial charge on any atom is 0.410 e. The van der Waals surface area contributed by atoms with Gasteiger partial charge in [-0.05, 0) is 32.6 Å². The van der Waals surface area contributed by atoms with Crippen molar-refractivity contribution in [3.63, 3.8) is 0 Å². The summed E-state index contributed by atoms with van der Waals surface area (Å²) in [6.45, 7) is 11.6. The molecule has 0 radical (unpaired) electrons. The van der Waals surface area contributed by atoms with Crippen LogP contribution in [0.2, 0.25) is 0 Å². The molecule has 0 spiro atoms. The number of rotatable bonds is 3. The Hall–Kier alpha value is -1.19. The fraction of sp³-hybridized carbons (Fsp3) is 0.769. The zero-order valence-electron chi connectivity index (χ0n) is 10.8. The first-order valence-corrected chi connectivity index (χ1v) is 6.13. The highest BCUT2D eigenvalue weighted by atomic mass is 16.6. The van der Waals surface area contributed by atoms with Crippen molar-refractivity contribution in [2.24, 2.45) is 17.8 Å². The molecule has 2 atom stereocenters. The standard InChI is InChI=1S/C13H21NO3/c1-5-16-8-11-9-6-14(7-10(9)11)12(15)17-13(2,3)4/h5,9-11H,1,6-8H2,2-4H3. The zero-order chi connectivity index (χ0) is 12.6. The van der Waals surface area contributed by atoms with E-state index < -0.39 is 5.60 Å². The fourth-order valence-electron chi connectivity index (χ4n) is 2.55. The highest BCUT2D eigenvalue weighted by molar-refractivity contribution is 5.68. The minimum Gasteiger partial charge on any atom is -0.502 e. The minimum atomic E-state index is -0.408. The van der Waals surface area contributed by atoms with Gasteiger partial charge in [-0.2, -0.15) is 0 Å². The molecule has 0 N–H and O–H groups in total. The molecular weight excluding hydrogens is 218 g/mol. The van der Waals surface area contributed by atoms with Gasteiger partial charge in [0, 0.05) is 19.0 Å². The van der Waals surface area contributed by atoms with Crippen molar-refractivity contribution in [3.05, 3.63) is 12.8 Å². The van der Waals surface area contributed by atoms with E-state index in [1.807, 2.05) is 25.7 Å². The first kappa shape index (κ1) is 12.3. The van der Waals surface area contributed by atoms with E-state index in [9.17, 15) is 4.79 Å². The third-order valence-electron chi connectivity index (χ3n) is 3.43. The number of hydrogen-bond acceptors (Lipinski definition) is 3. The first-order chi connectivity index (χ1) is 7.92. The van der Waals surface area contributed by atoms with Gasteiger partial charge in [0.2, 0.25) is 0 Å². The minimum absolute atomic E-state index is 0.187. The van der Waals surface area contributed by atoms with E-state index in [4.69, 9.17) is 9.47 Å². The van der Waals surface area contributed by atoms with Gasteiger partial charge in [0.25, 0.3) is 0 Å². The molecule has 1 aliphatic carbocycles. The van der Waals surface area contributed by atoms with Gasteiger partial charge in [0.1, 0.15) is 5.60 Å². The highest BCUT2D eigenvalue weighted by Gasteiger charge is 2.57. The number of fused-ring (bicyclic) bond motifs is 1. The van der Waals surface area contributed by atoms with E-state index in [0.717, 1.165) is 19.7 Å². The van der Waals surface area contributed by atoms with Gasteiger partial charge in [0.15, 0.2) is 0 Å². The molecule has 1 heterocycles. The predicted molar refractivity (Wildman–Crippen MR) is 64.4 cm³/mol. The van der Waals surface area contributed by atoms with Crippen LogP contribution in [-0.4, -0.2) is 36.3 Å². The van der Waals surface area contributed by atoms with Gasteiger partial charge in [-0.3, -0.25) is 0 Å². The Morgan fingerprint density at radius 3 is 2.47 bits per heavy atom. The Morgan fingerprint density at radius 2 is 2.00 bits per heavy atom. The lowest BCUT2D eigenvalue weighted by molar-refractivity contribution is 0.0258. The van der Waals surface area contributed by atoms with Crippen molar-refractivity contribution in [1.29, 1.82) is 0 Å². The monoisotopic (exact) mass is 239 g/mol. The van der Waals surface area contributed by atoms with Gasteiger partial charge in [-0.25, -0.2) is 4.79 Å². The lowest BCUT2D eigenvalue weighted by Crippen LogP contribution is -2.37. The summed E-state index contributed by atoms with van der Waals surface area (Å²) in [5.74, 6) is 1.80. The Balaban J connectivity index is 1.75. The molecule has 96 valence electrons. The molecule has 0 aromatic carbocycles. The molecule has 1 aliphatic heterocycles. The van der Waals surface area contributed by atoms with Crippen LogP contribution in [0.1, 0.15) is 20.8 Å². The van der Waals surface area contributed by atoms with Crippen molar-refractivity contribution in [3.8, 4) is 0 Å². The van der Waals surface area contributed by atoms with Crippen molar-refractivity contribution in [2.45, 2.75) is 26.4 Å². The number of likely N-dealkylation sites (tertiary alicyclic amines) is 1. The summed E-state index contributed by atoms with van der Waals surface area (Å²) in [5.41, 5.74) is -0.408. The molecule has 4 heteroatoms. The van der Waals surface area contributed by atoms with Crippen LogP contribution < -0.4 is 0 Å².